The summed E-state index contributed by atoms with van der Waals surface area (Å²) in [5.74, 6) is -0.422. The number of hydrogen-bond donors (Lipinski definition) is 1. The van der Waals surface area contributed by atoms with Gasteiger partial charge in [-0.25, -0.2) is 0 Å². The second-order valence-corrected chi connectivity index (χ2v) is 5.76. The molecule has 0 spiro atoms. The maximum atomic E-state index is 12.7. The zero-order valence-corrected chi connectivity index (χ0v) is 14.2. The fraction of sp³-hybridized carbons (Fsp3) is 0.278. The molecule has 0 bridgehead atoms. The first-order valence-electron chi connectivity index (χ1n) is 7.66. The van der Waals surface area contributed by atoms with Gasteiger partial charge in [0.25, 0.3) is 5.91 Å². The molecule has 0 radical (unpaired) electrons. The molecule has 0 heterocycles. The van der Waals surface area contributed by atoms with E-state index in [0.29, 0.717) is 11.4 Å². The molecule has 1 unspecified atom stereocenters. The minimum absolute atomic E-state index is 0.00503. The van der Waals surface area contributed by atoms with Gasteiger partial charge in [-0.3, -0.25) is 4.79 Å². The summed E-state index contributed by atoms with van der Waals surface area (Å²) < 4.78 is 43.7. The molecule has 1 atom stereocenters. The van der Waals surface area contributed by atoms with Gasteiger partial charge in [0.05, 0.1) is 5.56 Å². The number of amides is 1. The molecule has 0 aliphatic heterocycles. The molecule has 0 aliphatic carbocycles. The molecule has 0 aliphatic rings. The Morgan fingerprint density at radius 1 is 1.20 bits per heavy atom. The molecule has 2 aromatic carbocycles. The Morgan fingerprint density at radius 2 is 1.92 bits per heavy atom. The highest BCUT2D eigenvalue weighted by Crippen LogP contribution is 2.31. The van der Waals surface area contributed by atoms with Crippen molar-refractivity contribution in [3.8, 4) is 5.75 Å². The van der Waals surface area contributed by atoms with Crippen LogP contribution in [0.2, 0.25) is 5.02 Å². The molecular weight excluding hydrogens is 355 g/mol. The van der Waals surface area contributed by atoms with Crippen molar-refractivity contribution in [3.63, 3.8) is 0 Å². The van der Waals surface area contributed by atoms with Crippen molar-refractivity contribution in [2.75, 3.05) is 0 Å². The van der Waals surface area contributed by atoms with Crippen LogP contribution in [0.15, 0.2) is 48.5 Å². The Kier molecular flexibility index (Phi) is 6.31. The second kappa shape index (κ2) is 8.25. The number of halogens is 4. The van der Waals surface area contributed by atoms with Crippen LogP contribution in [0, 0.1) is 0 Å². The van der Waals surface area contributed by atoms with Gasteiger partial charge in [-0.05, 0) is 36.2 Å². The molecule has 2 aromatic rings. The average molecular weight is 372 g/mol. The molecule has 25 heavy (non-hydrogen) atoms. The van der Waals surface area contributed by atoms with Crippen molar-refractivity contribution in [1.29, 1.82) is 0 Å². The quantitative estimate of drug-likeness (QED) is 0.789. The third-order valence-corrected chi connectivity index (χ3v) is 3.88. The summed E-state index contributed by atoms with van der Waals surface area (Å²) in [5.41, 5.74) is -0.0808. The van der Waals surface area contributed by atoms with Crippen LogP contribution in [0.25, 0.3) is 0 Å². The van der Waals surface area contributed by atoms with E-state index in [1.54, 1.807) is 31.2 Å². The van der Waals surface area contributed by atoms with Crippen LogP contribution in [0.1, 0.15) is 24.5 Å². The Bertz CT molecular complexity index is 734. The normalized spacial score (nSPS) is 12.5. The lowest BCUT2D eigenvalue weighted by atomic mass is 10.2. The monoisotopic (exact) mass is 371 g/mol. The smallest absolute Gasteiger partial charge is 0.416 e. The third kappa shape index (κ3) is 5.39. The average Bonchev–Trinajstić information content (AvgIpc) is 2.58. The van der Waals surface area contributed by atoms with Crippen LogP contribution >= 0.6 is 11.6 Å². The van der Waals surface area contributed by atoms with E-state index in [4.69, 9.17) is 16.3 Å². The van der Waals surface area contributed by atoms with Gasteiger partial charge >= 0.3 is 6.18 Å². The van der Waals surface area contributed by atoms with Crippen molar-refractivity contribution in [1.82, 2.24) is 5.32 Å². The molecule has 1 amide bonds. The molecule has 0 fully saturated rings. The number of carbonyl (C=O) groups excluding carboxylic acids is 1. The van der Waals surface area contributed by atoms with Gasteiger partial charge in [0.1, 0.15) is 5.75 Å². The van der Waals surface area contributed by atoms with Gasteiger partial charge in [0.2, 0.25) is 0 Å². The Balaban J connectivity index is 2.02. The molecule has 3 nitrogen and oxygen atoms in total. The van der Waals surface area contributed by atoms with Gasteiger partial charge in [0.15, 0.2) is 6.10 Å². The lowest BCUT2D eigenvalue weighted by Crippen LogP contribution is -2.37. The van der Waals surface area contributed by atoms with E-state index in [-0.39, 0.29) is 12.3 Å². The number of nitrogens with one attached hydrogen (secondary N) is 1. The number of ether oxygens (including phenoxy) is 1. The summed E-state index contributed by atoms with van der Waals surface area (Å²) in [7, 11) is 0. The second-order valence-electron chi connectivity index (χ2n) is 5.35. The standard InChI is InChI=1S/C18H17ClF3NO2/c1-2-16(17(24)23-11-12-6-3-4-9-15(12)19)25-14-8-5-7-13(10-14)18(20,21)22/h3-10,16H,2,11H2,1H3,(H,23,24). The first kappa shape index (κ1) is 19.1. The minimum Gasteiger partial charge on any atom is -0.481 e. The third-order valence-electron chi connectivity index (χ3n) is 3.51. The predicted octanol–water partition coefficient (Wildman–Crippen LogP) is 4.83. The summed E-state index contributed by atoms with van der Waals surface area (Å²) in [6.07, 6.45) is -5.05. The van der Waals surface area contributed by atoms with Crippen molar-refractivity contribution in [3.05, 3.63) is 64.7 Å². The van der Waals surface area contributed by atoms with Gasteiger partial charge in [-0.2, -0.15) is 13.2 Å². The molecule has 0 saturated carbocycles. The SMILES string of the molecule is CCC(Oc1cccc(C(F)(F)F)c1)C(=O)NCc1ccccc1Cl. The molecule has 0 saturated heterocycles. The van der Waals surface area contributed by atoms with Gasteiger partial charge in [0, 0.05) is 11.6 Å². The molecule has 0 aromatic heterocycles. The maximum absolute atomic E-state index is 12.7. The van der Waals surface area contributed by atoms with E-state index in [0.717, 1.165) is 17.7 Å². The molecule has 7 heteroatoms. The van der Waals surface area contributed by atoms with E-state index >= 15 is 0 Å². The maximum Gasteiger partial charge on any atom is 0.416 e. The van der Waals surface area contributed by atoms with Crippen LogP contribution in [-0.4, -0.2) is 12.0 Å². The van der Waals surface area contributed by atoms with Crippen molar-refractivity contribution in [2.24, 2.45) is 0 Å². The summed E-state index contributed by atoms with van der Waals surface area (Å²) in [4.78, 5) is 12.2. The summed E-state index contributed by atoms with van der Waals surface area (Å²) in [5, 5.41) is 3.21. The highest BCUT2D eigenvalue weighted by Gasteiger charge is 2.31. The fourth-order valence-corrected chi connectivity index (χ4v) is 2.37. The first-order valence-corrected chi connectivity index (χ1v) is 8.04. The summed E-state index contributed by atoms with van der Waals surface area (Å²) >= 11 is 6.02. The molecule has 1 N–H and O–H groups in total. The van der Waals surface area contributed by atoms with E-state index < -0.39 is 23.8 Å². The van der Waals surface area contributed by atoms with Gasteiger partial charge in [-0.15, -0.1) is 0 Å². The van der Waals surface area contributed by atoms with Crippen molar-refractivity contribution >= 4 is 17.5 Å². The van der Waals surface area contributed by atoms with Crippen LogP contribution in [0.4, 0.5) is 13.2 Å². The van der Waals surface area contributed by atoms with E-state index in [2.05, 4.69) is 5.32 Å². The molecule has 2 rings (SSSR count). The summed E-state index contributed by atoms with van der Waals surface area (Å²) in [6, 6.07) is 11.5. The molecular formula is C18H17ClF3NO2. The first-order chi connectivity index (χ1) is 11.8. The Hall–Kier alpha value is -2.21. The summed E-state index contributed by atoms with van der Waals surface area (Å²) in [6.45, 7) is 1.92. The highest BCUT2D eigenvalue weighted by molar-refractivity contribution is 6.31. The van der Waals surface area contributed by atoms with Crippen LogP contribution in [-0.2, 0) is 17.5 Å². The van der Waals surface area contributed by atoms with E-state index in [9.17, 15) is 18.0 Å². The lowest BCUT2D eigenvalue weighted by molar-refractivity contribution is -0.137. The number of benzene rings is 2. The number of carbonyl (C=O) groups is 1. The number of alkyl halides is 3. The van der Waals surface area contributed by atoms with Gasteiger partial charge < -0.3 is 10.1 Å². The van der Waals surface area contributed by atoms with Gasteiger partial charge in [-0.1, -0.05) is 42.8 Å². The van der Waals surface area contributed by atoms with Crippen LogP contribution in [0.3, 0.4) is 0 Å². The zero-order chi connectivity index (χ0) is 18.4. The predicted molar refractivity (Wildman–Crippen MR) is 89.4 cm³/mol. The number of hydrogen-bond acceptors (Lipinski definition) is 2. The lowest BCUT2D eigenvalue weighted by Gasteiger charge is -2.18. The zero-order valence-electron chi connectivity index (χ0n) is 13.4. The minimum atomic E-state index is -4.46. The van der Waals surface area contributed by atoms with E-state index in [1.165, 1.54) is 12.1 Å². The Labute approximate surface area is 148 Å². The van der Waals surface area contributed by atoms with Crippen molar-refractivity contribution < 1.29 is 22.7 Å². The fourth-order valence-electron chi connectivity index (χ4n) is 2.17. The number of rotatable bonds is 6. The topological polar surface area (TPSA) is 38.3 Å². The highest BCUT2D eigenvalue weighted by atomic mass is 35.5. The van der Waals surface area contributed by atoms with Crippen LogP contribution < -0.4 is 10.1 Å². The molecule has 134 valence electrons. The Morgan fingerprint density at radius 3 is 2.56 bits per heavy atom. The van der Waals surface area contributed by atoms with E-state index in [1.807, 2.05) is 0 Å². The van der Waals surface area contributed by atoms with Crippen LogP contribution in [0.5, 0.6) is 5.75 Å². The largest absolute Gasteiger partial charge is 0.481 e. The van der Waals surface area contributed by atoms with Crippen molar-refractivity contribution in [2.45, 2.75) is 32.2 Å².